The summed E-state index contributed by atoms with van der Waals surface area (Å²) in [5.74, 6) is 0.122. The van der Waals surface area contributed by atoms with E-state index in [1.54, 1.807) is 6.20 Å². The van der Waals surface area contributed by atoms with E-state index < -0.39 is 10.0 Å². The highest BCUT2D eigenvalue weighted by atomic mass is 32.2. The number of nitrogens with one attached hydrogen (secondary N) is 1. The largest absolute Gasteiger partial charge is 0.294 e. The summed E-state index contributed by atoms with van der Waals surface area (Å²) >= 11 is 0. The Bertz CT molecular complexity index is 731. The van der Waals surface area contributed by atoms with Gasteiger partial charge in [-0.25, -0.2) is 13.1 Å². The zero-order valence-corrected chi connectivity index (χ0v) is 15.3. The second kappa shape index (κ2) is 8.37. The van der Waals surface area contributed by atoms with Gasteiger partial charge in [-0.05, 0) is 51.7 Å². The molecule has 0 radical (unpaired) electrons. The predicted octanol–water partition coefficient (Wildman–Crippen LogP) is 2.35. The summed E-state index contributed by atoms with van der Waals surface area (Å²) in [7, 11) is 0.284. The SMILES string of the molecule is CNS(=O)(=O)CCCN(C)[C@H](c1ccc(C)cc1)c1ccccn1. The van der Waals surface area contributed by atoms with E-state index in [2.05, 4.69) is 45.8 Å². The normalized spacial score (nSPS) is 13.2. The molecule has 2 aromatic rings. The minimum Gasteiger partial charge on any atom is -0.294 e. The molecule has 1 heterocycles. The van der Waals surface area contributed by atoms with E-state index in [4.69, 9.17) is 0 Å². The van der Waals surface area contributed by atoms with Crippen molar-refractivity contribution < 1.29 is 8.42 Å². The summed E-state index contributed by atoms with van der Waals surface area (Å²) in [6.07, 6.45) is 2.35. The second-order valence-electron chi connectivity index (χ2n) is 5.92. The monoisotopic (exact) mass is 347 g/mol. The lowest BCUT2D eigenvalue weighted by atomic mass is 10.0. The Morgan fingerprint density at radius 3 is 2.46 bits per heavy atom. The first-order valence-electron chi connectivity index (χ1n) is 8.02. The van der Waals surface area contributed by atoms with Gasteiger partial charge in [0.2, 0.25) is 10.0 Å². The predicted molar refractivity (Wildman–Crippen MR) is 97.4 cm³/mol. The molecule has 6 heteroatoms. The van der Waals surface area contributed by atoms with Gasteiger partial charge in [0.1, 0.15) is 0 Å². The van der Waals surface area contributed by atoms with Crippen LogP contribution in [0.3, 0.4) is 0 Å². The molecular formula is C18H25N3O2S. The zero-order chi connectivity index (χ0) is 17.6. The molecule has 24 heavy (non-hydrogen) atoms. The molecule has 1 atom stereocenters. The first kappa shape index (κ1) is 18.6. The van der Waals surface area contributed by atoms with Crippen LogP contribution in [-0.4, -0.2) is 44.7 Å². The maximum atomic E-state index is 11.6. The number of rotatable bonds is 8. The van der Waals surface area contributed by atoms with Gasteiger partial charge in [0, 0.05) is 6.20 Å². The van der Waals surface area contributed by atoms with Crippen molar-refractivity contribution in [3.05, 3.63) is 65.5 Å². The van der Waals surface area contributed by atoms with Crippen LogP contribution in [0.25, 0.3) is 0 Å². The maximum Gasteiger partial charge on any atom is 0.211 e. The van der Waals surface area contributed by atoms with E-state index in [0.717, 1.165) is 11.3 Å². The van der Waals surface area contributed by atoms with Crippen LogP contribution in [0.2, 0.25) is 0 Å². The van der Waals surface area contributed by atoms with Gasteiger partial charge in [-0.2, -0.15) is 0 Å². The van der Waals surface area contributed by atoms with Crippen LogP contribution in [-0.2, 0) is 10.0 Å². The fourth-order valence-corrected chi connectivity index (χ4v) is 3.39. The Morgan fingerprint density at radius 2 is 1.88 bits per heavy atom. The summed E-state index contributed by atoms with van der Waals surface area (Å²) in [5.41, 5.74) is 3.32. The maximum absolute atomic E-state index is 11.6. The molecule has 0 saturated carbocycles. The van der Waals surface area contributed by atoms with Crippen LogP contribution in [0, 0.1) is 6.92 Å². The first-order chi connectivity index (χ1) is 11.4. The average Bonchev–Trinajstić information content (AvgIpc) is 2.58. The summed E-state index contributed by atoms with van der Waals surface area (Å²) in [5, 5.41) is 0. The van der Waals surface area contributed by atoms with Crippen LogP contribution in [0.4, 0.5) is 0 Å². The number of pyridine rings is 1. The molecule has 0 unspecified atom stereocenters. The molecule has 0 saturated heterocycles. The van der Waals surface area contributed by atoms with Gasteiger partial charge < -0.3 is 0 Å². The fourth-order valence-electron chi connectivity index (χ4n) is 2.67. The molecule has 0 spiro atoms. The molecule has 1 N–H and O–H groups in total. The highest BCUT2D eigenvalue weighted by Crippen LogP contribution is 2.26. The quantitative estimate of drug-likeness (QED) is 0.796. The Morgan fingerprint density at radius 1 is 1.17 bits per heavy atom. The number of hydrogen-bond donors (Lipinski definition) is 1. The Kier molecular flexibility index (Phi) is 6.48. The van der Waals surface area contributed by atoms with Crippen molar-refractivity contribution in [1.29, 1.82) is 0 Å². The minimum atomic E-state index is -3.17. The van der Waals surface area contributed by atoms with E-state index in [1.807, 2.05) is 25.2 Å². The van der Waals surface area contributed by atoms with Gasteiger partial charge in [0.15, 0.2) is 0 Å². The van der Waals surface area contributed by atoms with Crippen molar-refractivity contribution in [2.24, 2.45) is 0 Å². The van der Waals surface area contributed by atoms with E-state index in [0.29, 0.717) is 13.0 Å². The number of benzene rings is 1. The van der Waals surface area contributed by atoms with E-state index in [-0.39, 0.29) is 11.8 Å². The van der Waals surface area contributed by atoms with E-state index >= 15 is 0 Å². The van der Waals surface area contributed by atoms with Crippen molar-refractivity contribution in [2.75, 3.05) is 26.4 Å². The highest BCUT2D eigenvalue weighted by molar-refractivity contribution is 7.89. The number of hydrogen-bond acceptors (Lipinski definition) is 4. The summed E-state index contributed by atoms with van der Waals surface area (Å²) in [6.45, 7) is 2.72. The second-order valence-corrected chi connectivity index (χ2v) is 7.97. The molecule has 0 fully saturated rings. The summed E-state index contributed by atoms with van der Waals surface area (Å²) in [6, 6.07) is 14.3. The molecule has 0 aliphatic carbocycles. The molecule has 1 aromatic heterocycles. The molecule has 2 rings (SSSR count). The molecule has 5 nitrogen and oxygen atoms in total. The molecule has 0 bridgehead atoms. The van der Waals surface area contributed by atoms with Crippen molar-refractivity contribution in [1.82, 2.24) is 14.6 Å². The van der Waals surface area contributed by atoms with Gasteiger partial charge in [0.05, 0.1) is 17.5 Å². The van der Waals surface area contributed by atoms with Gasteiger partial charge in [-0.1, -0.05) is 35.9 Å². The first-order valence-corrected chi connectivity index (χ1v) is 9.67. The lowest BCUT2D eigenvalue weighted by Crippen LogP contribution is -2.30. The Balaban J connectivity index is 2.18. The third-order valence-corrected chi connectivity index (χ3v) is 5.48. The van der Waals surface area contributed by atoms with Crippen LogP contribution in [0.1, 0.15) is 29.3 Å². The van der Waals surface area contributed by atoms with E-state index in [1.165, 1.54) is 12.6 Å². The van der Waals surface area contributed by atoms with Gasteiger partial charge >= 0.3 is 0 Å². The average molecular weight is 347 g/mol. The van der Waals surface area contributed by atoms with Gasteiger partial charge in [-0.3, -0.25) is 9.88 Å². The standard InChI is InChI=1S/C18H25N3O2S/c1-15-8-10-16(11-9-15)18(17-7-4-5-12-20-17)21(3)13-6-14-24(22,23)19-2/h4-5,7-12,18-19H,6,13-14H2,1-3H3/t18-/m1/s1. The molecule has 1 aromatic carbocycles. The number of nitrogens with zero attached hydrogens (tertiary/aromatic N) is 2. The van der Waals surface area contributed by atoms with E-state index in [9.17, 15) is 8.42 Å². The third kappa shape index (κ3) is 5.12. The highest BCUT2D eigenvalue weighted by Gasteiger charge is 2.20. The molecular weight excluding hydrogens is 322 g/mol. The number of sulfonamides is 1. The number of aryl methyl sites for hydroxylation is 1. The topological polar surface area (TPSA) is 62.3 Å². The lowest BCUT2D eigenvalue weighted by molar-refractivity contribution is 0.275. The Hall–Kier alpha value is -1.76. The zero-order valence-electron chi connectivity index (χ0n) is 14.4. The Labute approximate surface area is 144 Å². The lowest BCUT2D eigenvalue weighted by Gasteiger charge is -2.28. The molecule has 130 valence electrons. The summed E-state index contributed by atoms with van der Waals surface area (Å²) < 4.78 is 25.5. The number of aromatic nitrogens is 1. The smallest absolute Gasteiger partial charge is 0.211 e. The van der Waals surface area contributed by atoms with Crippen molar-refractivity contribution in [3.8, 4) is 0 Å². The fraction of sp³-hybridized carbons (Fsp3) is 0.389. The van der Waals surface area contributed by atoms with Crippen molar-refractivity contribution in [2.45, 2.75) is 19.4 Å². The molecule has 0 aliphatic heterocycles. The molecule has 0 aliphatic rings. The van der Waals surface area contributed by atoms with Crippen LogP contribution < -0.4 is 4.72 Å². The minimum absolute atomic E-state index is 0.00379. The van der Waals surface area contributed by atoms with Gasteiger partial charge in [0.25, 0.3) is 0 Å². The van der Waals surface area contributed by atoms with Crippen LogP contribution in [0.15, 0.2) is 48.7 Å². The van der Waals surface area contributed by atoms with Gasteiger partial charge in [-0.15, -0.1) is 0 Å². The molecule has 0 amide bonds. The van der Waals surface area contributed by atoms with Crippen LogP contribution >= 0.6 is 0 Å². The summed E-state index contributed by atoms with van der Waals surface area (Å²) in [4.78, 5) is 6.65. The van der Waals surface area contributed by atoms with Crippen molar-refractivity contribution >= 4 is 10.0 Å². The third-order valence-electron chi connectivity index (χ3n) is 4.04. The van der Waals surface area contributed by atoms with Crippen molar-refractivity contribution in [3.63, 3.8) is 0 Å². The van der Waals surface area contributed by atoms with Crippen LogP contribution in [0.5, 0.6) is 0 Å².